The average Bonchev–Trinajstić information content (AvgIpc) is 2.30. The summed E-state index contributed by atoms with van der Waals surface area (Å²) in [5, 5.41) is 9.58. The summed E-state index contributed by atoms with van der Waals surface area (Å²) in [4.78, 5) is 4.49. The Morgan fingerprint density at radius 3 is 2.75 bits per heavy atom. The first kappa shape index (κ1) is 11.1. The number of phenols is 1. The zero-order valence-corrected chi connectivity index (χ0v) is 9.34. The lowest BCUT2D eigenvalue weighted by molar-refractivity contribution is 0.387. The van der Waals surface area contributed by atoms with Crippen LogP contribution < -0.4 is 5.73 Å². The second kappa shape index (κ2) is 5.12. The fourth-order valence-corrected chi connectivity index (χ4v) is 2.10. The van der Waals surface area contributed by atoms with Gasteiger partial charge in [-0.15, -0.1) is 0 Å². The summed E-state index contributed by atoms with van der Waals surface area (Å²) in [5.74, 6) is 0.274. The largest absolute Gasteiger partial charge is 0.507 e. The van der Waals surface area contributed by atoms with Gasteiger partial charge in [0.25, 0.3) is 0 Å². The van der Waals surface area contributed by atoms with Crippen LogP contribution in [0.3, 0.4) is 0 Å². The zero-order valence-electron chi connectivity index (χ0n) is 9.34. The van der Waals surface area contributed by atoms with Gasteiger partial charge in [0.05, 0.1) is 6.04 Å². The van der Waals surface area contributed by atoms with E-state index in [1.807, 2.05) is 12.1 Å². The lowest BCUT2D eigenvalue weighted by atomic mass is 9.91. The van der Waals surface area contributed by atoms with Gasteiger partial charge in [-0.05, 0) is 25.0 Å². The van der Waals surface area contributed by atoms with Crippen molar-refractivity contribution >= 4 is 6.21 Å². The molecule has 1 aromatic carbocycles. The molecule has 2 atom stereocenters. The molecule has 0 heterocycles. The molecule has 0 aromatic heterocycles. The summed E-state index contributed by atoms with van der Waals surface area (Å²) in [5.41, 5.74) is 6.77. The molecule has 0 unspecified atom stereocenters. The minimum atomic E-state index is 0.177. The Hall–Kier alpha value is -1.35. The SMILES string of the molecule is N[C@@H]1CCCC[C@H]1/N=C/c1ccccc1O. The van der Waals surface area contributed by atoms with Crippen LogP contribution in [0, 0.1) is 0 Å². The van der Waals surface area contributed by atoms with Gasteiger partial charge in [0.1, 0.15) is 5.75 Å². The molecule has 0 bridgehead atoms. The second-order valence-electron chi connectivity index (χ2n) is 4.35. The number of hydrogen-bond acceptors (Lipinski definition) is 3. The van der Waals surface area contributed by atoms with Crippen molar-refractivity contribution in [2.45, 2.75) is 37.8 Å². The Balaban J connectivity index is 2.06. The van der Waals surface area contributed by atoms with E-state index < -0.39 is 0 Å². The van der Waals surface area contributed by atoms with Crippen LogP contribution >= 0.6 is 0 Å². The number of rotatable bonds is 2. The summed E-state index contributed by atoms with van der Waals surface area (Å²) in [6, 6.07) is 7.61. The molecule has 0 saturated heterocycles. The van der Waals surface area contributed by atoms with E-state index >= 15 is 0 Å². The van der Waals surface area contributed by atoms with E-state index in [4.69, 9.17) is 5.73 Å². The summed E-state index contributed by atoms with van der Waals surface area (Å²) in [6.07, 6.45) is 6.28. The van der Waals surface area contributed by atoms with Crippen LogP contribution in [0.5, 0.6) is 5.75 Å². The fraction of sp³-hybridized carbons (Fsp3) is 0.462. The molecule has 3 N–H and O–H groups in total. The maximum Gasteiger partial charge on any atom is 0.124 e. The third-order valence-corrected chi connectivity index (χ3v) is 3.12. The van der Waals surface area contributed by atoms with Crippen molar-refractivity contribution in [3.8, 4) is 5.75 Å². The van der Waals surface area contributed by atoms with Gasteiger partial charge < -0.3 is 10.8 Å². The van der Waals surface area contributed by atoms with Gasteiger partial charge in [-0.3, -0.25) is 4.99 Å². The molecule has 1 aromatic rings. The molecule has 2 rings (SSSR count). The van der Waals surface area contributed by atoms with Gasteiger partial charge >= 0.3 is 0 Å². The van der Waals surface area contributed by atoms with Crippen LogP contribution in [0.4, 0.5) is 0 Å². The first-order chi connectivity index (χ1) is 7.77. The summed E-state index contributed by atoms with van der Waals surface area (Å²) >= 11 is 0. The maximum atomic E-state index is 9.58. The minimum Gasteiger partial charge on any atom is -0.507 e. The van der Waals surface area contributed by atoms with E-state index in [0.29, 0.717) is 0 Å². The zero-order chi connectivity index (χ0) is 11.4. The molecule has 16 heavy (non-hydrogen) atoms. The molecular weight excluding hydrogens is 200 g/mol. The predicted octanol–water partition coefficient (Wildman–Crippen LogP) is 2.08. The molecule has 0 spiro atoms. The van der Waals surface area contributed by atoms with Gasteiger partial charge in [-0.1, -0.05) is 25.0 Å². The van der Waals surface area contributed by atoms with Crippen LogP contribution in [0.15, 0.2) is 29.3 Å². The number of aromatic hydroxyl groups is 1. The number of aliphatic imine (C=N–C) groups is 1. The smallest absolute Gasteiger partial charge is 0.124 e. The molecule has 86 valence electrons. The fourth-order valence-electron chi connectivity index (χ4n) is 2.10. The van der Waals surface area contributed by atoms with Gasteiger partial charge in [0, 0.05) is 17.8 Å². The number of hydrogen-bond donors (Lipinski definition) is 2. The van der Waals surface area contributed by atoms with E-state index in [0.717, 1.165) is 18.4 Å². The third kappa shape index (κ3) is 2.61. The molecule has 0 aliphatic heterocycles. The van der Waals surface area contributed by atoms with Gasteiger partial charge in [-0.2, -0.15) is 0 Å². The topological polar surface area (TPSA) is 58.6 Å². The Labute approximate surface area is 96.0 Å². The Kier molecular flexibility index (Phi) is 3.57. The van der Waals surface area contributed by atoms with Crippen LogP contribution in [-0.4, -0.2) is 23.4 Å². The predicted molar refractivity (Wildman–Crippen MR) is 65.9 cm³/mol. The average molecular weight is 218 g/mol. The first-order valence-corrected chi connectivity index (χ1v) is 5.84. The van der Waals surface area contributed by atoms with Crippen molar-refractivity contribution in [2.75, 3.05) is 0 Å². The number of nitrogens with two attached hydrogens (primary N) is 1. The highest BCUT2D eigenvalue weighted by Crippen LogP contribution is 2.20. The number of para-hydroxylation sites is 1. The Bertz CT molecular complexity index is 376. The number of benzene rings is 1. The molecule has 1 saturated carbocycles. The van der Waals surface area contributed by atoms with E-state index in [9.17, 15) is 5.11 Å². The van der Waals surface area contributed by atoms with Crippen molar-refractivity contribution in [1.29, 1.82) is 0 Å². The molecule has 3 nitrogen and oxygen atoms in total. The summed E-state index contributed by atoms with van der Waals surface area (Å²) < 4.78 is 0. The van der Waals surface area contributed by atoms with Crippen LogP contribution in [-0.2, 0) is 0 Å². The molecule has 3 heteroatoms. The van der Waals surface area contributed by atoms with Crippen LogP contribution in [0.25, 0.3) is 0 Å². The monoisotopic (exact) mass is 218 g/mol. The van der Waals surface area contributed by atoms with Crippen molar-refractivity contribution < 1.29 is 5.11 Å². The maximum absolute atomic E-state index is 9.58. The third-order valence-electron chi connectivity index (χ3n) is 3.12. The van der Waals surface area contributed by atoms with Gasteiger partial charge in [-0.25, -0.2) is 0 Å². The lowest BCUT2D eigenvalue weighted by Gasteiger charge is -2.24. The highest BCUT2D eigenvalue weighted by Gasteiger charge is 2.20. The molecule has 0 amide bonds. The molecule has 1 aliphatic rings. The van der Waals surface area contributed by atoms with Crippen molar-refractivity contribution in [3.05, 3.63) is 29.8 Å². The standard InChI is InChI=1S/C13H18N2O/c14-11-6-2-3-7-12(11)15-9-10-5-1-4-8-13(10)16/h1,4-5,8-9,11-12,16H,2-3,6-7,14H2/b15-9+/t11-,12-/m1/s1. The van der Waals surface area contributed by atoms with Crippen LogP contribution in [0.1, 0.15) is 31.2 Å². The van der Waals surface area contributed by atoms with E-state index in [1.54, 1.807) is 18.3 Å². The first-order valence-electron chi connectivity index (χ1n) is 5.84. The molecular formula is C13H18N2O. The van der Waals surface area contributed by atoms with Crippen LogP contribution in [0.2, 0.25) is 0 Å². The molecule has 1 fully saturated rings. The molecule has 1 aliphatic carbocycles. The minimum absolute atomic E-state index is 0.177. The van der Waals surface area contributed by atoms with Gasteiger partial charge in [0.2, 0.25) is 0 Å². The normalized spacial score (nSPS) is 26.1. The molecule has 0 radical (unpaired) electrons. The van der Waals surface area contributed by atoms with Crippen molar-refractivity contribution in [2.24, 2.45) is 10.7 Å². The highest BCUT2D eigenvalue weighted by molar-refractivity contribution is 5.83. The number of nitrogens with zero attached hydrogens (tertiary/aromatic N) is 1. The van der Waals surface area contributed by atoms with E-state index in [1.165, 1.54) is 12.8 Å². The van der Waals surface area contributed by atoms with E-state index in [-0.39, 0.29) is 17.8 Å². The summed E-state index contributed by atoms with van der Waals surface area (Å²) in [7, 11) is 0. The quantitative estimate of drug-likeness (QED) is 0.747. The Morgan fingerprint density at radius 2 is 2.00 bits per heavy atom. The lowest BCUT2D eigenvalue weighted by Crippen LogP contribution is -2.36. The number of phenolic OH excluding ortho intramolecular Hbond substituents is 1. The second-order valence-corrected chi connectivity index (χ2v) is 4.35. The Morgan fingerprint density at radius 1 is 1.25 bits per heavy atom. The van der Waals surface area contributed by atoms with Crippen molar-refractivity contribution in [3.63, 3.8) is 0 Å². The van der Waals surface area contributed by atoms with Crippen molar-refractivity contribution in [1.82, 2.24) is 0 Å². The van der Waals surface area contributed by atoms with E-state index in [2.05, 4.69) is 4.99 Å². The summed E-state index contributed by atoms with van der Waals surface area (Å²) in [6.45, 7) is 0. The van der Waals surface area contributed by atoms with Gasteiger partial charge in [0.15, 0.2) is 0 Å². The highest BCUT2D eigenvalue weighted by atomic mass is 16.3.